The average Bonchev–Trinajstić information content (AvgIpc) is 3.11. The second kappa shape index (κ2) is 8.89. The molecule has 0 aliphatic carbocycles. The van der Waals surface area contributed by atoms with E-state index in [1.165, 1.54) is 58.3 Å². The van der Waals surface area contributed by atoms with Gasteiger partial charge in [0, 0.05) is 32.3 Å². The first-order valence-corrected chi connectivity index (χ1v) is 10.6. The van der Waals surface area contributed by atoms with Gasteiger partial charge in [0.1, 0.15) is 0 Å². The van der Waals surface area contributed by atoms with Crippen molar-refractivity contribution in [1.29, 1.82) is 0 Å². The van der Waals surface area contributed by atoms with Crippen LogP contribution >= 0.6 is 0 Å². The molecule has 6 nitrogen and oxygen atoms in total. The SMILES string of the molecule is CN=C(NCC1(C)CCCO1)NCC1(N2CCCCC2)CCN(C)CC1. The molecule has 0 aromatic heterocycles. The second-order valence-electron chi connectivity index (χ2n) is 8.76. The Morgan fingerprint density at radius 2 is 1.65 bits per heavy atom. The summed E-state index contributed by atoms with van der Waals surface area (Å²) in [6.07, 6.45) is 8.86. The second-order valence-corrected chi connectivity index (χ2v) is 8.76. The molecule has 1 atom stereocenters. The lowest BCUT2D eigenvalue weighted by Gasteiger charge is -2.50. The summed E-state index contributed by atoms with van der Waals surface area (Å²) in [5.74, 6) is 0.914. The Morgan fingerprint density at radius 1 is 0.962 bits per heavy atom. The zero-order valence-corrected chi connectivity index (χ0v) is 17.1. The van der Waals surface area contributed by atoms with E-state index in [0.717, 1.165) is 38.5 Å². The zero-order valence-electron chi connectivity index (χ0n) is 17.1. The van der Waals surface area contributed by atoms with Crippen LogP contribution < -0.4 is 10.6 Å². The monoisotopic (exact) mass is 365 g/mol. The molecule has 3 heterocycles. The highest BCUT2D eigenvalue weighted by atomic mass is 16.5. The molecule has 26 heavy (non-hydrogen) atoms. The minimum absolute atomic E-state index is 0.0459. The first-order valence-electron chi connectivity index (χ1n) is 10.6. The van der Waals surface area contributed by atoms with Crippen molar-refractivity contribution in [3.63, 3.8) is 0 Å². The fraction of sp³-hybridized carbons (Fsp3) is 0.950. The van der Waals surface area contributed by atoms with Crippen LogP contribution in [-0.4, -0.2) is 86.9 Å². The molecular formula is C20H39N5O. The van der Waals surface area contributed by atoms with Crippen LogP contribution in [0.25, 0.3) is 0 Å². The molecule has 1 unspecified atom stereocenters. The first kappa shape index (κ1) is 19.9. The fourth-order valence-corrected chi connectivity index (χ4v) is 4.72. The predicted octanol–water partition coefficient (Wildman–Crippen LogP) is 1.67. The third kappa shape index (κ3) is 4.90. The van der Waals surface area contributed by atoms with Gasteiger partial charge in [0.15, 0.2) is 5.96 Å². The number of likely N-dealkylation sites (tertiary alicyclic amines) is 2. The van der Waals surface area contributed by atoms with Crippen molar-refractivity contribution >= 4 is 5.96 Å². The van der Waals surface area contributed by atoms with Gasteiger partial charge in [-0.3, -0.25) is 9.89 Å². The minimum Gasteiger partial charge on any atom is -0.373 e. The number of guanidine groups is 1. The largest absolute Gasteiger partial charge is 0.373 e. The van der Waals surface area contributed by atoms with E-state index in [9.17, 15) is 0 Å². The number of nitrogens with zero attached hydrogens (tertiary/aromatic N) is 3. The zero-order chi connectivity index (χ0) is 18.5. The highest BCUT2D eigenvalue weighted by Crippen LogP contribution is 2.31. The Labute approximate surface area is 159 Å². The summed E-state index contributed by atoms with van der Waals surface area (Å²) in [7, 11) is 4.12. The number of hydrogen-bond acceptors (Lipinski definition) is 4. The molecule has 0 aromatic rings. The Hall–Kier alpha value is -0.850. The van der Waals surface area contributed by atoms with Crippen molar-refractivity contribution in [2.45, 2.75) is 63.0 Å². The molecule has 0 bridgehead atoms. The predicted molar refractivity (Wildman–Crippen MR) is 108 cm³/mol. The molecule has 3 rings (SSSR count). The normalized spacial score (nSPS) is 31.1. The summed E-state index contributed by atoms with van der Waals surface area (Å²) >= 11 is 0. The summed E-state index contributed by atoms with van der Waals surface area (Å²) in [5, 5.41) is 7.16. The molecule has 0 aromatic carbocycles. The first-order chi connectivity index (χ1) is 12.6. The molecule has 2 N–H and O–H groups in total. The van der Waals surface area contributed by atoms with Gasteiger partial charge in [0.25, 0.3) is 0 Å². The van der Waals surface area contributed by atoms with Crippen molar-refractivity contribution < 1.29 is 4.74 Å². The van der Waals surface area contributed by atoms with Gasteiger partial charge in [0.2, 0.25) is 0 Å². The lowest BCUT2D eigenvalue weighted by atomic mass is 9.84. The van der Waals surface area contributed by atoms with Crippen LogP contribution in [-0.2, 0) is 4.74 Å². The summed E-state index contributed by atoms with van der Waals surface area (Å²) in [6, 6.07) is 0. The number of piperidine rings is 2. The van der Waals surface area contributed by atoms with Gasteiger partial charge in [-0.25, -0.2) is 0 Å². The number of aliphatic imine (C=N–C) groups is 1. The van der Waals surface area contributed by atoms with Gasteiger partial charge >= 0.3 is 0 Å². The Kier molecular flexibility index (Phi) is 6.81. The third-order valence-corrected chi connectivity index (χ3v) is 6.68. The number of ether oxygens (including phenoxy) is 1. The van der Waals surface area contributed by atoms with Gasteiger partial charge in [-0.2, -0.15) is 0 Å². The van der Waals surface area contributed by atoms with Crippen molar-refractivity contribution in [1.82, 2.24) is 20.4 Å². The fourth-order valence-electron chi connectivity index (χ4n) is 4.72. The molecule has 0 radical (unpaired) electrons. The molecule has 150 valence electrons. The van der Waals surface area contributed by atoms with Gasteiger partial charge in [-0.15, -0.1) is 0 Å². The van der Waals surface area contributed by atoms with Gasteiger partial charge in [-0.1, -0.05) is 6.42 Å². The number of nitrogens with one attached hydrogen (secondary N) is 2. The van der Waals surface area contributed by atoms with Crippen LogP contribution in [0.15, 0.2) is 4.99 Å². The number of rotatable bonds is 5. The summed E-state index contributed by atoms with van der Waals surface area (Å²) in [6.45, 7) is 9.78. The molecule has 0 spiro atoms. The van der Waals surface area contributed by atoms with Gasteiger partial charge in [-0.05, 0) is 78.7 Å². The van der Waals surface area contributed by atoms with E-state index in [1.54, 1.807) is 0 Å². The Bertz CT molecular complexity index is 461. The maximum atomic E-state index is 5.90. The Balaban J connectivity index is 1.57. The van der Waals surface area contributed by atoms with Crippen molar-refractivity contribution in [3.05, 3.63) is 0 Å². The standard InChI is InChI=1S/C20H39N5O/c1-19(8-7-15-26-19)16-22-18(21-2)23-17-20(9-13-24(3)14-10-20)25-11-5-4-6-12-25/h4-17H2,1-3H3,(H2,21,22,23). The van der Waals surface area contributed by atoms with Gasteiger partial charge < -0.3 is 20.3 Å². The third-order valence-electron chi connectivity index (χ3n) is 6.68. The molecular weight excluding hydrogens is 326 g/mol. The van der Waals surface area contributed by atoms with E-state index in [0.29, 0.717) is 0 Å². The van der Waals surface area contributed by atoms with E-state index in [1.807, 2.05) is 7.05 Å². The van der Waals surface area contributed by atoms with Crippen LogP contribution in [0.5, 0.6) is 0 Å². The number of hydrogen-bond donors (Lipinski definition) is 2. The quantitative estimate of drug-likeness (QED) is 0.573. The van der Waals surface area contributed by atoms with Crippen LogP contribution in [0, 0.1) is 0 Å². The lowest BCUT2D eigenvalue weighted by molar-refractivity contribution is 0.0165. The van der Waals surface area contributed by atoms with E-state index in [-0.39, 0.29) is 11.1 Å². The molecule has 0 saturated carbocycles. The van der Waals surface area contributed by atoms with Gasteiger partial charge in [0.05, 0.1) is 5.60 Å². The summed E-state index contributed by atoms with van der Waals surface area (Å²) in [4.78, 5) is 9.70. The van der Waals surface area contributed by atoms with Crippen molar-refractivity contribution in [2.24, 2.45) is 4.99 Å². The summed E-state index contributed by atoms with van der Waals surface area (Å²) < 4.78 is 5.90. The van der Waals surface area contributed by atoms with E-state index < -0.39 is 0 Å². The van der Waals surface area contributed by atoms with E-state index in [4.69, 9.17) is 4.74 Å². The maximum absolute atomic E-state index is 5.90. The highest BCUT2D eigenvalue weighted by Gasteiger charge is 2.39. The molecule has 3 aliphatic rings. The molecule has 3 saturated heterocycles. The molecule has 3 aliphatic heterocycles. The molecule has 3 fully saturated rings. The van der Waals surface area contributed by atoms with E-state index >= 15 is 0 Å². The summed E-state index contributed by atoms with van der Waals surface area (Å²) in [5.41, 5.74) is 0.230. The van der Waals surface area contributed by atoms with Crippen LogP contribution in [0.3, 0.4) is 0 Å². The van der Waals surface area contributed by atoms with Crippen LogP contribution in [0.2, 0.25) is 0 Å². The highest BCUT2D eigenvalue weighted by molar-refractivity contribution is 5.79. The van der Waals surface area contributed by atoms with Crippen molar-refractivity contribution in [2.75, 3.05) is 60.0 Å². The van der Waals surface area contributed by atoms with Crippen molar-refractivity contribution in [3.8, 4) is 0 Å². The maximum Gasteiger partial charge on any atom is 0.191 e. The van der Waals surface area contributed by atoms with Crippen LogP contribution in [0.1, 0.15) is 51.9 Å². The smallest absolute Gasteiger partial charge is 0.191 e. The average molecular weight is 366 g/mol. The lowest BCUT2D eigenvalue weighted by Crippen LogP contribution is -2.62. The van der Waals surface area contributed by atoms with E-state index in [2.05, 4.69) is 39.4 Å². The minimum atomic E-state index is -0.0459. The van der Waals surface area contributed by atoms with Crippen LogP contribution in [0.4, 0.5) is 0 Å². The molecule has 0 amide bonds. The topological polar surface area (TPSA) is 52.1 Å². The molecule has 6 heteroatoms. The Morgan fingerprint density at radius 3 is 2.27 bits per heavy atom.